The molecule has 7 rings (SSSR count). The van der Waals surface area contributed by atoms with Gasteiger partial charge < -0.3 is 84.6 Å². The van der Waals surface area contributed by atoms with Crippen LogP contribution in [0.3, 0.4) is 0 Å². The molecule has 0 aliphatic carbocycles. The van der Waals surface area contributed by atoms with E-state index >= 15 is 0 Å². The number of aromatic nitrogens is 3. The molecule has 614 valence electrons. The van der Waals surface area contributed by atoms with Crippen molar-refractivity contribution in [3.8, 4) is 0 Å². The Labute approximate surface area is 650 Å². The zero-order valence-corrected chi connectivity index (χ0v) is 64.4. The normalized spacial score (nSPS) is 18.0. The zero-order valence-electron chi connectivity index (χ0n) is 64.4. The molecule has 8 atom stereocenters. The molecule has 3 saturated heterocycles. The van der Waals surface area contributed by atoms with E-state index in [4.69, 9.17) is 11.5 Å². The highest BCUT2D eigenvalue weighted by molar-refractivity contribution is 5.98. The number of hydrogen-bond acceptors (Lipinski definition) is 21. The zero-order chi connectivity index (χ0) is 81.6. The number of rotatable bonds is 41. The predicted molar refractivity (Wildman–Crippen MR) is 409 cm³/mol. The monoisotopic (exact) mass is 1560 g/mol. The molecule has 3 aliphatic rings. The molecule has 5 heterocycles. The second kappa shape index (κ2) is 44.5. The van der Waals surface area contributed by atoms with Gasteiger partial charge in [0.15, 0.2) is 0 Å². The minimum atomic E-state index is -1.54. The number of amides is 11. The number of benzene rings is 2. The number of fused-ring (bicyclic) bond motifs is 1. The fraction of sp³-hybridized carbons (Fsp3) is 0.587. The highest BCUT2D eigenvalue weighted by Crippen LogP contribution is 2.22. The van der Waals surface area contributed by atoms with E-state index in [-0.39, 0.29) is 129 Å². The van der Waals surface area contributed by atoms with Crippen LogP contribution in [0.4, 0.5) is 0 Å². The van der Waals surface area contributed by atoms with Crippen LogP contribution in [0.2, 0.25) is 0 Å². The van der Waals surface area contributed by atoms with Gasteiger partial charge in [-0.05, 0) is 81.0 Å². The van der Waals surface area contributed by atoms with Gasteiger partial charge in [-0.3, -0.25) is 96.5 Å². The summed E-state index contributed by atoms with van der Waals surface area (Å²) in [6.45, 7) is 10.4. The average molecular weight is 1570 g/mol. The molecular formula is C75H112N20O17. The molecule has 2 aromatic heterocycles. The molecular weight excluding hydrogens is 1450 g/mol. The number of hydrogen-bond donors (Lipinski definition) is 16. The first-order chi connectivity index (χ1) is 53.3. The van der Waals surface area contributed by atoms with Gasteiger partial charge in [0.25, 0.3) is 0 Å². The number of primary amides is 2. The second-order valence-electron chi connectivity index (χ2n) is 29.9. The van der Waals surface area contributed by atoms with E-state index in [9.17, 15) is 82.4 Å². The Morgan fingerprint density at radius 2 is 1.05 bits per heavy atom. The van der Waals surface area contributed by atoms with Crippen molar-refractivity contribution in [2.75, 3.05) is 118 Å². The molecule has 0 saturated carbocycles. The van der Waals surface area contributed by atoms with Crippen molar-refractivity contribution in [2.24, 2.45) is 23.3 Å². The molecule has 2 aromatic carbocycles. The molecule has 0 unspecified atom stereocenters. The molecule has 0 bridgehead atoms. The highest BCUT2D eigenvalue weighted by Gasteiger charge is 2.37. The summed E-state index contributed by atoms with van der Waals surface area (Å²) in [7, 11) is 0. The van der Waals surface area contributed by atoms with Gasteiger partial charge in [-0.1, -0.05) is 76.2 Å². The lowest BCUT2D eigenvalue weighted by Gasteiger charge is -2.34. The van der Waals surface area contributed by atoms with E-state index < -0.39 is 144 Å². The van der Waals surface area contributed by atoms with Gasteiger partial charge in [-0.15, -0.1) is 0 Å². The maximum Gasteiger partial charge on any atom is 0.317 e. The largest absolute Gasteiger partial charge is 0.480 e. The third kappa shape index (κ3) is 30.3. The maximum absolute atomic E-state index is 14.8. The lowest BCUT2D eigenvalue weighted by Crippen LogP contribution is -2.60. The number of para-hydroxylation sites is 1. The van der Waals surface area contributed by atoms with E-state index in [0.29, 0.717) is 79.6 Å². The van der Waals surface area contributed by atoms with Crippen LogP contribution in [-0.4, -0.2) is 315 Å². The van der Waals surface area contributed by atoms with Crippen molar-refractivity contribution >= 4 is 93.8 Å². The highest BCUT2D eigenvalue weighted by atomic mass is 16.4. The number of carboxylic acid groups (broad SMARTS) is 3. The molecule has 3 fully saturated rings. The summed E-state index contributed by atoms with van der Waals surface area (Å²) in [6, 6.07) is 6.66. The number of aromatic amines is 2. The van der Waals surface area contributed by atoms with Gasteiger partial charge in [-0.25, -0.2) is 4.98 Å². The van der Waals surface area contributed by atoms with Gasteiger partial charge in [0, 0.05) is 139 Å². The SMILES string of the molecule is CC(C)C[C@@H](CN1CCC[C@H]1C(N)=O)NC(=O)[C@H](Cc1cnc[nH]1)NC(=O)CNC(=O)[C@@H](NC(=O)[C@H](C)NC(=O)[C@H](Cc1c[nH]c2ccccc12)NC(=O)[C@H](CCC(N)=O)NC(=O)[C@@H](Cc1ccccc1)NC(=O)CN1CCC(NC(=O)CN2CCN(CC(=O)O)CCN(CC(=O)O)CCN(CC(=O)O)CC2)CC1)C(C)C. The first-order valence-corrected chi connectivity index (χ1v) is 38.2. The standard InChI is InChI=1S/C75H112N20O17/c1-46(2)32-53(39-95-21-11-16-60(95)69(77)106)84-73(110)59(35-52-37-78-45-81-52)85-62(97)38-80-75(112)68(47(3)4)89-70(107)48(5)82-72(109)58(34-50-36-79-55-15-10-9-14-54(50)55)88-71(108)56(17-18-61(76)96)87-74(111)57(33-49-12-7-6-8-13-49)86-64(99)41-90-22-19-51(20-23-90)83-63(98)40-91-24-26-92(42-65(100)101)28-30-94(44-67(104)105)31-29-93(27-25-91)43-66(102)103/h6-10,12-15,36-37,45-48,51,53,56-60,68,79H,11,16-35,38-44H2,1-5H3,(H2,76,96)(H2,77,106)(H,78,81)(H,80,112)(H,82,109)(H,83,98)(H,84,110)(H,85,97)(H,86,99)(H,87,111)(H,88,108)(H,89,107)(H,100,101)(H,102,103)(H,104,105)/t48-,53-,56-,57+,58-,59-,60-,68-/m0/s1. The number of carboxylic acids is 3. The van der Waals surface area contributed by atoms with Gasteiger partial charge >= 0.3 is 17.9 Å². The van der Waals surface area contributed by atoms with Gasteiger partial charge in [-0.2, -0.15) is 0 Å². The van der Waals surface area contributed by atoms with Gasteiger partial charge in [0.2, 0.25) is 65.0 Å². The van der Waals surface area contributed by atoms with Crippen molar-refractivity contribution in [2.45, 2.75) is 153 Å². The summed E-state index contributed by atoms with van der Waals surface area (Å²) >= 11 is 0. The van der Waals surface area contributed by atoms with Crippen LogP contribution in [0.15, 0.2) is 73.3 Å². The molecule has 3 aliphatic heterocycles. The molecule has 37 heteroatoms. The molecule has 0 radical (unpaired) electrons. The number of aliphatic carboxylic acids is 3. The quantitative estimate of drug-likeness (QED) is 0.0204. The van der Waals surface area contributed by atoms with Crippen LogP contribution in [0.25, 0.3) is 10.9 Å². The summed E-state index contributed by atoms with van der Waals surface area (Å²) in [6.07, 6.45) is 6.42. The Bertz CT molecular complexity index is 3800. The third-order valence-corrected chi connectivity index (χ3v) is 20.0. The minimum absolute atomic E-state index is 0.00757. The number of carbonyl (C=O) groups is 14. The van der Waals surface area contributed by atoms with Gasteiger partial charge in [0.05, 0.1) is 51.6 Å². The summed E-state index contributed by atoms with van der Waals surface area (Å²) in [5, 5.41) is 54.5. The Kier molecular flexibility index (Phi) is 35.3. The number of carbonyl (C=O) groups excluding carboxylic acids is 11. The number of piperidine rings is 1. The van der Waals surface area contributed by atoms with E-state index in [1.165, 1.54) is 19.4 Å². The van der Waals surface area contributed by atoms with E-state index in [1.807, 2.05) is 28.5 Å². The predicted octanol–water partition coefficient (Wildman–Crippen LogP) is -3.58. The Morgan fingerprint density at radius 3 is 1.62 bits per heavy atom. The first kappa shape index (κ1) is 88.7. The summed E-state index contributed by atoms with van der Waals surface area (Å²) in [5.41, 5.74) is 13.8. The molecule has 4 aromatic rings. The van der Waals surface area contributed by atoms with Crippen molar-refractivity contribution in [3.63, 3.8) is 0 Å². The number of nitrogens with zero attached hydrogens (tertiary/aromatic N) is 7. The third-order valence-electron chi connectivity index (χ3n) is 20.0. The average Bonchev–Trinajstić information content (AvgIpc) is 1.64. The number of nitrogens with one attached hydrogen (secondary N) is 11. The van der Waals surface area contributed by atoms with E-state index in [2.05, 4.69) is 62.8 Å². The summed E-state index contributed by atoms with van der Waals surface area (Å²) in [4.78, 5) is 208. The fourth-order valence-electron chi connectivity index (χ4n) is 14.1. The molecule has 0 spiro atoms. The molecule has 112 heavy (non-hydrogen) atoms. The first-order valence-electron chi connectivity index (χ1n) is 38.2. The second-order valence-corrected chi connectivity index (χ2v) is 29.9. The smallest absolute Gasteiger partial charge is 0.317 e. The van der Waals surface area contributed by atoms with Crippen molar-refractivity contribution in [1.82, 2.24) is 92.2 Å². The summed E-state index contributed by atoms with van der Waals surface area (Å²) < 4.78 is 0. The molecule has 37 nitrogen and oxygen atoms in total. The summed E-state index contributed by atoms with van der Waals surface area (Å²) in [5.74, 6) is -11.2. The lowest BCUT2D eigenvalue weighted by molar-refractivity contribution is -0.140. The van der Waals surface area contributed by atoms with Crippen LogP contribution in [0, 0.1) is 11.8 Å². The van der Waals surface area contributed by atoms with Crippen LogP contribution in [-0.2, 0) is 86.4 Å². The Balaban J connectivity index is 0.971. The van der Waals surface area contributed by atoms with Crippen molar-refractivity contribution in [3.05, 3.63) is 90.1 Å². The molecule has 11 amide bonds. The van der Waals surface area contributed by atoms with Crippen molar-refractivity contribution in [1.29, 1.82) is 0 Å². The number of likely N-dealkylation sites (tertiary alicyclic amines) is 2. The van der Waals surface area contributed by atoms with Gasteiger partial charge in [0.1, 0.15) is 36.3 Å². The lowest BCUT2D eigenvalue weighted by atomic mass is 10.0. The van der Waals surface area contributed by atoms with Crippen LogP contribution in [0.5, 0.6) is 0 Å². The Morgan fingerprint density at radius 1 is 0.527 bits per heavy atom. The topological polar surface area (TPSA) is 524 Å². The van der Waals surface area contributed by atoms with Crippen LogP contribution in [0.1, 0.15) is 96.4 Å². The fourth-order valence-corrected chi connectivity index (χ4v) is 14.1. The van der Waals surface area contributed by atoms with Crippen LogP contribution < -0.4 is 59.3 Å². The maximum atomic E-state index is 14.8. The van der Waals surface area contributed by atoms with Crippen LogP contribution >= 0.6 is 0 Å². The van der Waals surface area contributed by atoms with Crippen molar-refractivity contribution < 1.29 is 82.4 Å². The number of H-pyrrole nitrogens is 2. The number of imidazole rings is 1. The van der Waals surface area contributed by atoms with E-state index in [1.54, 1.807) is 89.3 Å². The van der Waals surface area contributed by atoms with E-state index in [0.717, 1.165) is 6.42 Å². The minimum Gasteiger partial charge on any atom is -0.480 e. The molecule has 18 N–H and O–H groups in total. The number of nitrogens with two attached hydrogens (primary N) is 2. The Hall–Kier alpha value is -10.5.